The fourth-order valence-corrected chi connectivity index (χ4v) is 9.15. The lowest BCUT2D eigenvalue weighted by Crippen LogP contribution is -2.14. The number of fused-ring (bicyclic) bond motifs is 6. The average molecular weight is 683 g/mol. The summed E-state index contributed by atoms with van der Waals surface area (Å²) in [4.78, 5) is 10.7. The smallest absolute Gasteiger partial charge is 0.160 e. The summed E-state index contributed by atoms with van der Waals surface area (Å²) in [6, 6.07) is 61.3. The van der Waals surface area contributed by atoms with Crippen LogP contribution in [-0.4, -0.2) is 9.97 Å². The molecule has 0 atom stereocenters. The van der Waals surface area contributed by atoms with Crippen molar-refractivity contribution < 1.29 is 0 Å². The topological polar surface area (TPSA) is 25.8 Å². The van der Waals surface area contributed by atoms with E-state index in [0.29, 0.717) is 0 Å². The number of hydrogen-bond donors (Lipinski definition) is 0. The third-order valence-corrected chi connectivity index (χ3v) is 11.8. The maximum Gasteiger partial charge on any atom is 0.160 e. The number of aromatic nitrogens is 2. The van der Waals surface area contributed by atoms with Crippen molar-refractivity contribution in [3.63, 3.8) is 0 Å². The molecule has 9 aromatic rings. The number of benzene rings is 7. The molecule has 52 heavy (non-hydrogen) atoms. The van der Waals surface area contributed by atoms with Crippen molar-refractivity contribution in [1.29, 1.82) is 0 Å². The van der Waals surface area contributed by atoms with E-state index in [-0.39, 0.29) is 5.41 Å². The summed E-state index contributed by atoms with van der Waals surface area (Å²) in [7, 11) is 0. The van der Waals surface area contributed by atoms with Crippen molar-refractivity contribution in [1.82, 2.24) is 9.97 Å². The minimum Gasteiger partial charge on any atom is -0.226 e. The Morgan fingerprint density at radius 1 is 0.423 bits per heavy atom. The molecule has 0 amide bonds. The Kier molecular flexibility index (Phi) is 7.06. The van der Waals surface area contributed by atoms with Gasteiger partial charge in [0.05, 0.1) is 15.9 Å². The van der Waals surface area contributed by atoms with Gasteiger partial charge in [0.2, 0.25) is 0 Å². The summed E-state index contributed by atoms with van der Waals surface area (Å²) in [5, 5.41) is 1.16. The van der Waals surface area contributed by atoms with Crippen LogP contribution in [0.5, 0.6) is 0 Å². The molecule has 2 nitrogen and oxygen atoms in total. The van der Waals surface area contributed by atoms with Crippen LogP contribution in [0.25, 0.3) is 87.5 Å². The molecule has 0 bridgehead atoms. The molecule has 3 heteroatoms. The third-order valence-electron chi connectivity index (χ3n) is 10.7. The Morgan fingerprint density at radius 3 is 1.81 bits per heavy atom. The first-order chi connectivity index (χ1) is 25.5. The molecule has 10 rings (SSSR count). The van der Waals surface area contributed by atoms with Crippen molar-refractivity contribution >= 4 is 31.6 Å². The third kappa shape index (κ3) is 5.00. The standard InChI is InChI=1S/C49H34N2S/c1-49(2)42-22-11-9-20-39(42)40-25-24-35(30-43(40)49)33-18-13-19-34(26-33)37-27-36(31-14-5-3-6-15-31)28-38(29-37)48-50-45(32-16-7-4-8-17-32)47-46(51-48)41-21-10-12-23-44(41)52-47/h3-30H,1-2H3. The Labute approximate surface area is 307 Å². The van der Waals surface area contributed by atoms with E-state index in [2.05, 4.69) is 184 Å². The molecule has 0 saturated carbocycles. The normalized spacial score (nSPS) is 13.0. The SMILES string of the molecule is CC1(C)c2ccccc2-c2ccc(-c3cccc(-c4cc(-c5ccccc5)cc(-c5nc(-c6ccccc6)c6sc7ccccc7c6n5)c4)c3)cc21. The highest BCUT2D eigenvalue weighted by molar-refractivity contribution is 7.26. The van der Waals surface area contributed by atoms with E-state index in [1.807, 2.05) is 0 Å². The van der Waals surface area contributed by atoms with Crippen LogP contribution in [0.4, 0.5) is 0 Å². The maximum absolute atomic E-state index is 5.33. The second-order valence-electron chi connectivity index (χ2n) is 14.2. The van der Waals surface area contributed by atoms with Crippen LogP contribution in [0.3, 0.4) is 0 Å². The monoisotopic (exact) mass is 682 g/mol. The predicted molar refractivity (Wildman–Crippen MR) is 220 cm³/mol. The van der Waals surface area contributed by atoms with E-state index < -0.39 is 0 Å². The first kappa shape index (κ1) is 30.6. The molecule has 0 spiro atoms. The zero-order chi connectivity index (χ0) is 34.8. The van der Waals surface area contributed by atoms with Gasteiger partial charge < -0.3 is 0 Å². The lowest BCUT2D eigenvalue weighted by molar-refractivity contribution is 0.660. The lowest BCUT2D eigenvalue weighted by atomic mass is 9.81. The fraction of sp³-hybridized carbons (Fsp3) is 0.0612. The molecule has 0 saturated heterocycles. The van der Waals surface area contributed by atoms with Crippen LogP contribution in [-0.2, 0) is 5.41 Å². The Morgan fingerprint density at radius 2 is 1.00 bits per heavy atom. The minimum atomic E-state index is -0.0497. The van der Waals surface area contributed by atoms with E-state index in [4.69, 9.17) is 9.97 Å². The highest BCUT2D eigenvalue weighted by Crippen LogP contribution is 2.49. The number of hydrogen-bond acceptors (Lipinski definition) is 3. The summed E-state index contributed by atoms with van der Waals surface area (Å²) in [5.74, 6) is 0.727. The van der Waals surface area contributed by atoms with Gasteiger partial charge in [0.1, 0.15) is 0 Å². The summed E-state index contributed by atoms with van der Waals surface area (Å²) >= 11 is 1.77. The van der Waals surface area contributed by atoms with E-state index in [9.17, 15) is 0 Å². The van der Waals surface area contributed by atoms with Gasteiger partial charge in [-0.05, 0) is 92.0 Å². The summed E-state index contributed by atoms with van der Waals surface area (Å²) in [5.41, 5.74) is 16.5. The number of rotatable bonds is 5. The van der Waals surface area contributed by atoms with Crippen molar-refractivity contribution in [2.75, 3.05) is 0 Å². The van der Waals surface area contributed by atoms with Crippen molar-refractivity contribution in [3.05, 3.63) is 181 Å². The maximum atomic E-state index is 5.33. The summed E-state index contributed by atoms with van der Waals surface area (Å²) in [6.07, 6.45) is 0. The molecule has 0 unspecified atom stereocenters. The highest BCUT2D eigenvalue weighted by atomic mass is 32.1. The molecule has 0 N–H and O–H groups in total. The largest absolute Gasteiger partial charge is 0.226 e. The van der Waals surface area contributed by atoms with Crippen LogP contribution < -0.4 is 0 Å². The molecule has 246 valence electrons. The first-order valence-electron chi connectivity index (χ1n) is 17.8. The van der Waals surface area contributed by atoms with Gasteiger partial charge in [-0.2, -0.15) is 0 Å². The van der Waals surface area contributed by atoms with Crippen molar-refractivity contribution in [3.8, 4) is 67.2 Å². The molecule has 0 aliphatic heterocycles. The van der Waals surface area contributed by atoms with Crippen LogP contribution in [0, 0.1) is 0 Å². The Balaban J connectivity index is 1.14. The van der Waals surface area contributed by atoms with E-state index >= 15 is 0 Å². The number of thiophene rings is 1. The zero-order valence-electron chi connectivity index (χ0n) is 29.0. The van der Waals surface area contributed by atoms with E-state index in [0.717, 1.165) is 60.5 Å². The lowest BCUT2D eigenvalue weighted by Gasteiger charge is -2.22. The molecule has 0 fully saturated rings. The second-order valence-corrected chi connectivity index (χ2v) is 15.3. The summed E-state index contributed by atoms with van der Waals surface area (Å²) in [6.45, 7) is 4.69. The number of nitrogens with zero attached hydrogens (tertiary/aromatic N) is 2. The molecular weight excluding hydrogens is 649 g/mol. The zero-order valence-corrected chi connectivity index (χ0v) is 29.8. The molecule has 7 aromatic carbocycles. The van der Waals surface area contributed by atoms with Gasteiger partial charge in [0.25, 0.3) is 0 Å². The van der Waals surface area contributed by atoms with E-state index in [1.54, 1.807) is 11.3 Å². The quantitative estimate of drug-likeness (QED) is 0.181. The van der Waals surface area contributed by atoms with Crippen LogP contribution in [0.1, 0.15) is 25.0 Å². The first-order valence-corrected chi connectivity index (χ1v) is 18.6. The van der Waals surface area contributed by atoms with Crippen LogP contribution in [0.15, 0.2) is 170 Å². The van der Waals surface area contributed by atoms with Crippen LogP contribution >= 0.6 is 11.3 Å². The second kappa shape index (κ2) is 12.0. The van der Waals surface area contributed by atoms with Crippen molar-refractivity contribution in [2.45, 2.75) is 19.3 Å². The van der Waals surface area contributed by atoms with Gasteiger partial charge in [-0.15, -0.1) is 11.3 Å². The molecule has 2 heterocycles. The molecule has 2 aromatic heterocycles. The van der Waals surface area contributed by atoms with E-state index in [1.165, 1.54) is 38.1 Å². The Hall–Kier alpha value is -6.16. The van der Waals surface area contributed by atoms with Gasteiger partial charge >= 0.3 is 0 Å². The average Bonchev–Trinajstić information content (AvgIpc) is 3.70. The van der Waals surface area contributed by atoms with Gasteiger partial charge in [-0.3, -0.25) is 0 Å². The highest BCUT2D eigenvalue weighted by Gasteiger charge is 2.35. The molecular formula is C49H34N2S. The minimum absolute atomic E-state index is 0.0497. The van der Waals surface area contributed by atoms with Gasteiger partial charge in [-0.1, -0.05) is 147 Å². The molecule has 1 aliphatic rings. The van der Waals surface area contributed by atoms with Crippen LogP contribution in [0.2, 0.25) is 0 Å². The van der Waals surface area contributed by atoms with Gasteiger partial charge in [-0.25, -0.2) is 9.97 Å². The molecule has 0 radical (unpaired) electrons. The fourth-order valence-electron chi connectivity index (χ4n) is 7.99. The predicted octanol–water partition coefficient (Wildman–Crippen LogP) is 13.5. The van der Waals surface area contributed by atoms with Gasteiger partial charge in [0, 0.05) is 26.6 Å². The van der Waals surface area contributed by atoms with Crippen molar-refractivity contribution in [2.24, 2.45) is 0 Å². The molecule has 1 aliphatic carbocycles. The Bertz CT molecular complexity index is 2810. The summed E-state index contributed by atoms with van der Waals surface area (Å²) < 4.78 is 2.33. The van der Waals surface area contributed by atoms with Gasteiger partial charge in [0.15, 0.2) is 5.82 Å².